The van der Waals surface area contributed by atoms with E-state index in [9.17, 15) is 0 Å². The van der Waals surface area contributed by atoms with E-state index in [1.165, 1.54) is 0 Å². The van der Waals surface area contributed by atoms with Gasteiger partial charge in [0.2, 0.25) is 0 Å². The highest BCUT2D eigenvalue weighted by atomic mass is 35.5. The molecule has 0 amide bonds. The summed E-state index contributed by atoms with van der Waals surface area (Å²) in [6, 6.07) is 3.66. The van der Waals surface area contributed by atoms with Crippen LogP contribution in [0.4, 0.5) is 5.82 Å². The van der Waals surface area contributed by atoms with E-state index in [1.54, 1.807) is 6.20 Å². The highest BCUT2D eigenvalue weighted by molar-refractivity contribution is 6.30. The molecular weight excluding hydrogens is 212 g/mol. The second kappa shape index (κ2) is 6.64. The van der Waals surface area contributed by atoms with E-state index in [4.69, 9.17) is 16.3 Å². The van der Waals surface area contributed by atoms with Gasteiger partial charge in [-0.25, -0.2) is 4.98 Å². The summed E-state index contributed by atoms with van der Waals surface area (Å²) >= 11 is 5.72. The lowest BCUT2D eigenvalue weighted by Gasteiger charge is -2.08. The van der Waals surface area contributed by atoms with Gasteiger partial charge in [-0.15, -0.1) is 0 Å². The molecule has 3 nitrogen and oxygen atoms in total. The van der Waals surface area contributed by atoms with Crippen LogP contribution in [0.5, 0.6) is 0 Å². The summed E-state index contributed by atoms with van der Waals surface area (Å²) < 4.78 is 5.42. The number of nitrogens with one attached hydrogen (secondary N) is 1. The van der Waals surface area contributed by atoms with Crippen LogP contribution in [0.25, 0.3) is 0 Å². The second-order valence-corrected chi connectivity index (χ2v) is 4.19. The first-order chi connectivity index (χ1) is 7.18. The molecule has 0 aliphatic carbocycles. The Morgan fingerprint density at radius 2 is 2.27 bits per heavy atom. The van der Waals surface area contributed by atoms with E-state index in [0.717, 1.165) is 19.0 Å². The molecular formula is C11H17ClN2O. The van der Waals surface area contributed by atoms with Crippen LogP contribution in [-0.2, 0) is 4.74 Å². The smallest absolute Gasteiger partial charge is 0.126 e. The third-order valence-corrected chi connectivity index (χ3v) is 1.95. The molecule has 0 aliphatic heterocycles. The van der Waals surface area contributed by atoms with Crippen LogP contribution in [0.1, 0.15) is 13.8 Å². The van der Waals surface area contributed by atoms with Gasteiger partial charge in [-0.1, -0.05) is 25.4 Å². The first-order valence-electron chi connectivity index (χ1n) is 5.11. The Hall–Kier alpha value is -0.800. The van der Waals surface area contributed by atoms with Gasteiger partial charge in [-0.2, -0.15) is 0 Å². The standard InChI is InChI=1S/C11H17ClN2O/c1-9(2)8-15-6-5-13-11-4-3-10(12)7-14-11/h3-4,7,9H,5-6,8H2,1-2H3,(H,13,14). The average Bonchev–Trinajstić information content (AvgIpc) is 2.20. The van der Waals surface area contributed by atoms with Crippen molar-refractivity contribution in [3.05, 3.63) is 23.4 Å². The molecule has 1 heterocycles. The highest BCUT2D eigenvalue weighted by Crippen LogP contribution is 2.08. The van der Waals surface area contributed by atoms with Crippen LogP contribution in [-0.4, -0.2) is 24.7 Å². The Kier molecular flexibility index (Phi) is 5.43. The molecule has 1 aromatic heterocycles. The fourth-order valence-corrected chi connectivity index (χ4v) is 1.16. The van der Waals surface area contributed by atoms with Gasteiger partial charge in [0, 0.05) is 19.3 Å². The number of hydrogen-bond acceptors (Lipinski definition) is 3. The van der Waals surface area contributed by atoms with E-state index in [-0.39, 0.29) is 0 Å². The molecule has 0 atom stereocenters. The summed E-state index contributed by atoms with van der Waals surface area (Å²) in [5.74, 6) is 1.41. The van der Waals surface area contributed by atoms with Crippen molar-refractivity contribution in [2.45, 2.75) is 13.8 Å². The molecule has 15 heavy (non-hydrogen) atoms. The average molecular weight is 229 g/mol. The highest BCUT2D eigenvalue weighted by Gasteiger charge is 1.95. The van der Waals surface area contributed by atoms with Crippen molar-refractivity contribution >= 4 is 17.4 Å². The van der Waals surface area contributed by atoms with Crippen molar-refractivity contribution < 1.29 is 4.74 Å². The number of halogens is 1. The number of ether oxygens (including phenoxy) is 1. The lowest BCUT2D eigenvalue weighted by atomic mass is 10.2. The fraction of sp³-hybridized carbons (Fsp3) is 0.545. The van der Waals surface area contributed by atoms with Gasteiger partial charge in [0.15, 0.2) is 0 Å². The number of rotatable bonds is 6. The molecule has 0 unspecified atom stereocenters. The van der Waals surface area contributed by atoms with Gasteiger partial charge < -0.3 is 10.1 Å². The Morgan fingerprint density at radius 1 is 1.47 bits per heavy atom. The number of aromatic nitrogens is 1. The summed E-state index contributed by atoms with van der Waals surface area (Å²) in [5, 5.41) is 3.80. The van der Waals surface area contributed by atoms with Gasteiger partial charge in [0.05, 0.1) is 11.6 Å². The predicted octanol–water partition coefficient (Wildman–Crippen LogP) is 2.82. The number of pyridine rings is 1. The molecule has 0 spiro atoms. The van der Waals surface area contributed by atoms with Crippen LogP contribution < -0.4 is 5.32 Å². The molecule has 0 fully saturated rings. The van der Waals surface area contributed by atoms with Crippen molar-refractivity contribution in [3.8, 4) is 0 Å². The molecule has 0 saturated carbocycles. The van der Waals surface area contributed by atoms with Crippen molar-refractivity contribution in [2.24, 2.45) is 5.92 Å². The second-order valence-electron chi connectivity index (χ2n) is 3.76. The maximum atomic E-state index is 5.72. The molecule has 4 heteroatoms. The monoisotopic (exact) mass is 228 g/mol. The molecule has 0 aromatic carbocycles. The van der Waals surface area contributed by atoms with E-state index in [1.807, 2.05) is 12.1 Å². The Labute approximate surface area is 95.8 Å². The third kappa shape index (κ3) is 5.60. The minimum absolute atomic E-state index is 0.582. The summed E-state index contributed by atoms with van der Waals surface area (Å²) in [6.07, 6.45) is 1.62. The first-order valence-corrected chi connectivity index (χ1v) is 5.49. The molecule has 0 bridgehead atoms. The minimum atomic E-state index is 0.582. The van der Waals surface area contributed by atoms with Crippen LogP contribution in [0.15, 0.2) is 18.3 Å². The molecule has 1 N–H and O–H groups in total. The third-order valence-electron chi connectivity index (χ3n) is 1.73. The van der Waals surface area contributed by atoms with Gasteiger partial charge in [-0.05, 0) is 18.1 Å². The quantitative estimate of drug-likeness (QED) is 0.761. The number of hydrogen-bond donors (Lipinski definition) is 1. The van der Waals surface area contributed by atoms with E-state index in [2.05, 4.69) is 24.1 Å². The molecule has 0 radical (unpaired) electrons. The van der Waals surface area contributed by atoms with Crippen molar-refractivity contribution in [1.29, 1.82) is 0 Å². The summed E-state index contributed by atoms with van der Waals surface area (Å²) in [5.41, 5.74) is 0. The van der Waals surface area contributed by atoms with Crippen molar-refractivity contribution in [2.75, 3.05) is 25.1 Å². The van der Waals surface area contributed by atoms with Gasteiger partial charge in [-0.3, -0.25) is 0 Å². The molecule has 1 aromatic rings. The van der Waals surface area contributed by atoms with E-state index >= 15 is 0 Å². The topological polar surface area (TPSA) is 34.1 Å². The predicted molar refractivity (Wildman–Crippen MR) is 63.4 cm³/mol. The maximum Gasteiger partial charge on any atom is 0.126 e. The maximum absolute atomic E-state index is 5.72. The number of anilines is 1. The van der Waals surface area contributed by atoms with E-state index < -0.39 is 0 Å². The molecule has 0 aliphatic rings. The van der Waals surface area contributed by atoms with Gasteiger partial charge >= 0.3 is 0 Å². The SMILES string of the molecule is CC(C)COCCNc1ccc(Cl)cn1. The van der Waals surface area contributed by atoms with Crippen LogP contribution in [0.3, 0.4) is 0 Å². The lowest BCUT2D eigenvalue weighted by Crippen LogP contribution is -2.12. The Morgan fingerprint density at radius 3 is 2.87 bits per heavy atom. The zero-order valence-electron chi connectivity index (χ0n) is 9.16. The van der Waals surface area contributed by atoms with Crippen LogP contribution >= 0.6 is 11.6 Å². The molecule has 0 saturated heterocycles. The fourth-order valence-electron chi connectivity index (χ4n) is 1.05. The number of nitrogens with zero attached hydrogens (tertiary/aromatic N) is 1. The van der Waals surface area contributed by atoms with Crippen LogP contribution in [0.2, 0.25) is 5.02 Å². The largest absolute Gasteiger partial charge is 0.379 e. The Bertz CT molecular complexity index is 274. The van der Waals surface area contributed by atoms with Crippen LogP contribution in [0, 0.1) is 5.92 Å². The zero-order valence-corrected chi connectivity index (χ0v) is 9.92. The molecule has 84 valence electrons. The first kappa shape index (κ1) is 12.3. The van der Waals surface area contributed by atoms with Crippen molar-refractivity contribution in [3.63, 3.8) is 0 Å². The summed E-state index contributed by atoms with van der Waals surface area (Å²) in [4.78, 5) is 4.11. The summed E-state index contributed by atoms with van der Waals surface area (Å²) in [6.45, 7) is 6.53. The Balaban J connectivity index is 2.12. The van der Waals surface area contributed by atoms with Gasteiger partial charge in [0.1, 0.15) is 5.82 Å². The zero-order chi connectivity index (χ0) is 11.1. The normalized spacial score (nSPS) is 10.7. The van der Waals surface area contributed by atoms with E-state index in [0.29, 0.717) is 17.5 Å². The van der Waals surface area contributed by atoms with Gasteiger partial charge in [0.25, 0.3) is 0 Å². The van der Waals surface area contributed by atoms with Crippen molar-refractivity contribution in [1.82, 2.24) is 4.98 Å². The lowest BCUT2D eigenvalue weighted by molar-refractivity contribution is 0.118. The molecule has 1 rings (SSSR count). The summed E-state index contributed by atoms with van der Waals surface area (Å²) in [7, 11) is 0. The minimum Gasteiger partial charge on any atom is -0.379 e.